The van der Waals surface area contributed by atoms with Crippen molar-refractivity contribution in [2.75, 3.05) is 13.6 Å². The minimum Gasteiger partial charge on any atom is -0.352 e. The zero-order valence-electron chi connectivity index (χ0n) is 10.3. The van der Waals surface area contributed by atoms with E-state index < -0.39 is 0 Å². The van der Waals surface area contributed by atoms with Crippen LogP contribution >= 0.6 is 0 Å². The van der Waals surface area contributed by atoms with Crippen LogP contribution in [0, 0.1) is 5.92 Å². The molecule has 2 bridgehead atoms. The Hall–Kier alpha value is -0.830. The second-order valence-electron chi connectivity index (χ2n) is 5.13. The Morgan fingerprint density at radius 1 is 1.38 bits per heavy atom. The highest BCUT2D eigenvalue weighted by Gasteiger charge is 2.38. The SMILES string of the molecule is CC=CC(=O)NCC1CC2CCC(C1)N2C. The van der Waals surface area contributed by atoms with Gasteiger partial charge in [0, 0.05) is 18.6 Å². The van der Waals surface area contributed by atoms with Crippen molar-refractivity contribution in [3.8, 4) is 0 Å². The molecule has 16 heavy (non-hydrogen) atoms. The first-order valence-corrected chi connectivity index (χ1v) is 6.33. The van der Waals surface area contributed by atoms with Crippen molar-refractivity contribution in [3.63, 3.8) is 0 Å². The molecule has 2 fully saturated rings. The molecule has 1 N–H and O–H groups in total. The lowest BCUT2D eigenvalue weighted by Gasteiger charge is -2.36. The zero-order chi connectivity index (χ0) is 11.5. The number of piperidine rings is 1. The first-order valence-electron chi connectivity index (χ1n) is 6.33. The highest BCUT2D eigenvalue weighted by Crippen LogP contribution is 2.36. The van der Waals surface area contributed by atoms with Crippen molar-refractivity contribution in [2.24, 2.45) is 5.92 Å². The number of carbonyl (C=O) groups is 1. The van der Waals surface area contributed by atoms with Crippen molar-refractivity contribution < 1.29 is 4.79 Å². The molecule has 2 aliphatic heterocycles. The molecule has 1 amide bonds. The lowest BCUT2D eigenvalue weighted by molar-refractivity contribution is -0.116. The molecular weight excluding hydrogens is 200 g/mol. The van der Waals surface area contributed by atoms with E-state index in [1.807, 2.05) is 6.92 Å². The number of rotatable bonds is 3. The van der Waals surface area contributed by atoms with E-state index in [9.17, 15) is 4.79 Å². The Balaban J connectivity index is 1.78. The van der Waals surface area contributed by atoms with Gasteiger partial charge in [0.15, 0.2) is 0 Å². The molecule has 2 saturated heterocycles. The average Bonchev–Trinajstić information content (AvgIpc) is 2.52. The van der Waals surface area contributed by atoms with Gasteiger partial charge in [-0.1, -0.05) is 6.08 Å². The fraction of sp³-hybridized carbons (Fsp3) is 0.769. The highest BCUT2D eigenvalue weighted by atomic mass is 16.1. The molecule has 0 saturated carbocycles. The largest absolute Gasteiger partial charge is 0.352 e. The number of nitrogens with zero attached hydrogens (tertiary/aromatic N) is 1. The van der Waals surface area contributed by atoms with Crippen molar-refractivity contribution in [1.82, 2.24) is 10.2 Å². The molecule has 0 radical (unpaired) electrons. The van der Waals surface area contributed by atoms with E-state index in [1.54, 1.807) is 12.2 Å². The molecule has 0 spiro atoms. The summed E-state index contributed by atoms with van der Waals surface area (Å²) < 4.78 is 0. The maximum Gasteiger partial charge on any atom is 0.243 e. The summed E-state index contributed by atoms with van der Waals surface area (Å²) in [6.45, 7) is 2.72. The topological polar surface area (TPSA) is 32.3 Å². The number of allylic oxidation sites excluding steroid dienone is 1. The number of hydrogen-bond donors (Lipinski definition) is 1. The summed E-state index contributed by atoms with van der Waals surface area (Å²) >= 11 is 0. The van der Waals surface area contributed by atoms with Gasteiger partial charge < -0.3 is 10.2 Å². The normalized spacial score (nSPS) is 34.5. The number of fused-ring (bicyclic) bond motifs is 2. The minimum atomic E-state index is 0.0498. The average molecular weight is 222 g/mol. The third-order valence-electron chi connectivity index (χ3n) is 4.08. The molecule has 2 heterocycles. The minimum absolute atomic E-state index is 0.0498. The Kier molecular flexibility index (Phi) is 3.64. The second-order valence-corrected chi connectivity index (χ2v) is 5.13. The fourth-order valence-electron chi connectivity index (χ4n) is 3.15. The third-order valence-corrected chi connectivity index (χ3v) is 4.08. The van der Waals surface area contributed by atoms with E-state index in [0.29, 0.717) is 5.92 Å². The van der Waals surface area contributed by atoms with Crippen LogP contribution in [0.15, 0.2) is 12.2 Å². The van der Waals surface area contributed by atoms with Gasteiger partial charge in [0.1, 0.15) is 0 Å². The molecule has 2 atom stereocenters. The summed E-state index contributed by atoms with van der Waals surface area (Å²) in [4.78, 5) is 13.9. The number of hydrogen-bond acceptors (Lipinski definition) is 2. The summed E-state index contributed by atoms with van der Waals surface area (Å²) in [5.74, 6) is 0.733. The van der Waals surface area contributed by atoms with E-state index in [4.69, 9.17) is 0 Å². The van der Waals surface area contributed by atoms with Crippen LogP contribution in [-0.4, -0.2) is 36.5 Å². The summed E-state index contributed by atoms with van der Waals surface area (Å²) in [5.41, 5.74) is 0. The van der Waals surface area contributed by atoms with Crippen molar-refractivity contribution in [1.29, 1.82) is 0 Å². The molecule has 3 heteroatoms. The third kappa shape index (κ3) is 2.46. The van der Waals surface area contributed by atoms with Gasteiger partial charge in [0.25, 0.3) is 0 Å². The Bertz CT molecular complexity index is 274. The van der Waals surface area contributed by atoms with Crippen LogP contribution in [0.4, 0.5) is 0 Å². The van der Waals surface area contributed by atoms with E-state index in [-0.39, 0.29) is 5.91 Å². The Labute approximate surface area is 97.9 Å². The van der Waals surface area contributed by atoms with Gasteiger partial charge in [-0.15, -0.1) is 0 Å². The van der Waals surface area contributed by atoms with Crippen LogP contribution in [0.1, 0.15) is 32.6 Å². The highest BCUT2D eigenvalue weighted by molar-refractivity contribution is 5.87. The molecule has 90 valence electrons. The maximum absolute atomic E-state index is 11.3. The molecule has 2 aliphatic rings. The Morgan fingerprint density at radius 2 is 2.00 bits per heavy atom. The second kappa shape index (κ2) is 5.00. The lowest BCUT2D eigenvalue weighted by Crippen LogP contribution is -2.43. The van der Waals surface area contributed by atoms with Gasteiger partial charge in [-0.05, 0) is 51.6 Å². The molecular formula is C13H22N2O. The number of nitrogens with one attached hydrogen (secondary N) is 1. The molecule has 3 nitrogen and oxygen atoms in total. The van der Waals surface area contributed by atoms with Crippen LogP contribution in [0.5, 0.6) is 0 Å². The quantitative estimate of drug-likeness (QED) is 0.735. The Morgan fingerprint density at radius 3 is 2.56 bits per heavy atom. The molecule has 2 rings (SSSR count). The summed E-state index contributed by atoms with van der Waals surface area (Å²) in [7, 11) is 2.25. The summed E-state index contributed by atoms with van der Waals surface area (Å²) in [6.07, 6.45) is 8.59. The van der Waals surface area contributed by atoms with Gasteiger partial charge in [-0.3, -0.25) is 4.79 Å². The van der Waals surface area contributed by atoms with E-state index >= 15 is 0 Å². The lowest BCUT2D eigenvalue weighted by atomic mass is 9.91. The van der Waals surface area contributed by atoms with Gasteiger partial charge in [0.05, 0.1) is 0 Å². The number of carbonyl (C=O) groups excluding carboxylic acids is 1. The van der Waals surface area contributed by atoms with Crippen molar-refractivity contribution in [2.45, 2.75) is 44.7 Å². The van der Waals surface area contributed by atoms with Gasteiger partial charge in [-0.25, -0.2) is 0 Å². The molecule has 0 aromatic rings. The van der Waals surface area contributed by atoms with Gasteiger partial charge in [-0.2, -0.15) is 0 Å². The first kappa shape index (κ1) is 11.6. The van der Waals surface area contributed by atoms with E-state index in [0.717, 1.165) is 18.6 Å². The summed E-state index contributed by atoms with van der Waals surface area (Å²) in [5, 5.41) is 2.99. The van der Waals surface area contributed by atoms with Crippen LogP contribution in [0.3, 0.4) is 0 Å². The van der Waals surface area contributed by atoms with E-state index in [1.165, 1.54) is 25.7 Å². The zero-order valence-corrected chi connectivity index (χ0v) is 10.3. The summed E-state index contributed by atoms with van der Waals surface area (Å²) in [6, 6.07) is 1.53. The predicted molar refractivity (Wildman–Crippen MR) is 65.1 cm³/mol. The van der Waals surface area contributed by atoms with E-state index in [2.05, 4.69) is 17.3 Å². The van der Waals surface area contributed by atoms with Gasteiger partial charge in [0.2, 0.25) is 5.91 Å². The number of amides is 1. The van der Waals surface area contributed by atoms with Crippen molar-refractivity contribution in [3.05, 3.63) is 12.2 Å². The van der Waals surface area contributed by atoms with Gasteiger partial charge >= 0.3 is 0 Å². The van der Waals surface area contributed by atoms with Crippen LogP contribution in [0.25, 0.3) is 0 Å². The van der Waals surface area contributed by atoms with Crippen molar-refractivity contribution >= 4 is 5.91 Å². The first-order chi connectivity index (χ1) is 7.70. The molecule has 0 aromatic heterocycles. The fourth-order valence-corrected chi connectivity index (χ4v) is 3.15. The predicted octanol–water partition coefficient (Wildman–Crippen LogP) is 1.55. The molecule has 0 aromatic carbocycles. The standard InChI is InChI=1S/C13H22N2O/c1-3-4-13(16)14-9-10-7-11-5-6-12(8-10)15(11)2/h3-4,10-12H,5-9H2,1-2H3,(H,14,16). The molecule has 2 unspecified atom stereocenters. The monoisotopic (exact) mass is 222 g/mol. The smallest absolute Gasteiger partial charge is 0.243 e. The van der Waals surface area contributed by atoms with Crippen LogP contribution in [-0.2, 0) is 4.79 Å². The maximum atomic E-state index is 11.3. The van der Waals surface area contributed by atoms with Crippen LogP contribution < -0.4 is 5.32 Å². The van der Waals surface area contributed by atoms with Crippen LogP contribution in [0.2, 0.25) is 0 Å². The molecule has 0 aliphatic carbocycles.